The zero-order valence-electron chi connectivity index (χ0n) is 14.0. The van der Waals surface area contributed by atoms with Gasteiger partial charge in [-0.05, 0) is 36.4 Å². The molecule has 0 radical (unpaired) electrons. The quantitative estimate of drug-likeness (QED) is 0.758. The van der Waals surface area contributed by atoms with Crippen LogP contribution in [0.15, 0.2) is 42.5 Å². The summed E-state index contributed by atoms with van der Waals surface area (Å²) in [6.07, 6.45) is 0. The molecule has 0 spiro atoms. The van der Waals surface area contributed by atoms with Crippen LogP contribution in [0.4, 0.5) is 11.4 Å². The first-order chi connectivity index (χ1) is 12.5. The molecule has 3 amide bonds. The summed E-state index contributed by atoms with van der Waals surface area (Å²) in [7, 11) is 0. The van der Waals surface area contributed by atoms with Crippen molar-refractivity contribution in [2.24, 2.45) is 0 Å². The molecule has 0 bridgehead atoms. The van der Waals surface area contributed by atoms with E-state index in [-0.39, 0.29) is 25.2 Å². The molecule has 2 aromatic carbocycles. The Hall–Kier alpha value is -3.55. The first-order valence-electron chi connectivity index (χ1n) is 7.86. The first-order valence-corrected chi connectivity index (χ1v) is 7.86. The number of anilines is 2. The predicted octanol–water partition coefficient (Wildman–Crippen LogP) is 1.74. The minimum Gasteiger partial charge on any atom is -0.454 e. The molecule has 0 atom stereocenters. The lowest BCUT2D eigenvalue weighted by atomic mass is 10.2. The molecule has 3 rings (SSSR count). The smallest absolute Gasteiger partial charge is 0.251 e. The molecule has 2 aromatic rings. The van der Waals surface area contributed by atoms with E-state index in [1.54, 1.807) is 42.5 Å². The van der Waals surface area contributed by atoms with Crippen LogP contribution in [0.2, 0.25) is 0 Å². The number of ether oxygens (including phenoxy) is 2. The van der Waals surface area contributed by atoms with Crippen LogP contribution in [0.3, 0.4) is 0 Å². The van der Waals surface area contributed by atoms with Crippen molar-refractivity contribution in [2.45, 2.75) is 6.92 Å². The summed E-state index contributed by atoms with van der Waals surface area (Å²) in [5.41, 5.74) is 1.45. The van der Waals surface area contributed by atoms with Crippen molar-refractivity contribution in [1.82, 2.24) is 5.32 Å². The maximum absolute atomic E-state index is 12.1. The lowest BCUT2D eigenvalue weighted by Crippen LogP contribution is -2.32. The Morgan fingerprint density at radius 3 is 2.46 bits per heavy atom. The summed E-state index contributed by atoms with van der Waals surface area (Å²) in [4.78, 5) is 35.2. The molecular weight excluding hydrogens is 338 g/mol. The fraction of sp³-hybridized carbons (Fsp3) is 0.167. The van der Waals surface area contributed by atoms with E-state index in [1.807, 2.05) is 0 Å². The Labute approximate surface area is 149 Å². The van der Waals surface area contributed by atoms with E-state index in [1.165, 1.54) is 6.92 Å². The van der Waals surface area contributed by atoms with Gasteiger partial charge in [0.05, 0.1) is 6.54 Å². The van der Waals surface area contributed by atoms with Gasteiger partial charge in [0, 0.05) is 23.9 Å². The molecule has 0 saturated carbocycles. The summed E-state index contributed by atoms with van der Waals surface area (Å²) < 4.78 is 10.4. The van der Waals surface area contributed by atoms with E-state index in [0.29, 0.717) is 28.4 Å². The second-order valence-corrected chi connectivity index (χ2v) is 5.56. The van der Waals surface area contributed by atoms with Crippen molar-refractivity contribution in [2.75, 3.05) is 24.0 Å². The van der Waals surface area contributed by atoms with Crippen molar-refractivity contribution >= 4 is 29.1 Å². The van der Waals surface area contributed by atoms with Gasteiger partial charge in [-0.3, -0.25) is 14.4 Å². The van der Waals surface area contributed by atoms with Gasteiger partial charge in [-0.1, -0.05) is 6.07 Å². The largest absolute Gasteiger partial charge is 0.454 e. The van der Waals surface area contributed by atoms with Gasteiger partial charge in [0.15, 0.2) is 11.5 Å². The molecule has 0 saturated heterocycles. The number of benzene rings is 2. The minimum absolute atomic E-state index is 0.125. The topological polar surface area (TPSA) is 106 Å². The van der Waals surface area contributed by atoms with E-state index >= 15 is 0 Å². The Morgan fingerprint density at radius 2 is 1.69 bits per heavy atom. The zero-order chi connectivity index (χ0) is 18.5. The lowest BCUT2D eigenvalue weighted by Gasteiger charge is -2.09. The molecule has 0 fully saturated rings. The highest BCUT2D eigenvalue weighted by molar-refractivity contribution is 6.00. The van der Waals surface area contributed by atoms with Gasteiger partial charge in [-0.2, -0.15) is 0 Å². The van der Waals surface area contributed by atoms with Gasteiger partial charge >= 0.3 is 0 Å². The maximum atomic E-state index is 12.1. The third-order valence-corrected chi connectivity index (χ3v) is 3.51. The van der Waals surface area contributed by atoms with Crippen LogP contribution in [0.1, 0.15) is 17.3 Å². The van der Waals surface area contributed by atoms with Crippen LogP contribution in [-0.4, -0.2) is 31.1 Å². The van der Waals surface area contributed by atoms with E-state index in [0.717, 1.165) is 0 Å². The number of hydrogen-bond acceptors (Lipinski definition) is 5. The van der Waals surface area contributed by atoms with Crippen LogP contribution in [0.25, 0.3) is 0 Å². The number of rotatable bonds is 5. The fourth-order valence-electron chi connectivity index (χ4n) is 2.38. The molecule has 8 nitrogen and oxygen atoms in total. The lowest BCUT2D eigenvalue weighted by molar-refractivity contribution is -0.115. The van der Waals surface area contributed by atoms with Crippen molar-refractivity contribution < 1.29 is 23.9 Å². The Morgan fingerprint density at radius 1 is 0.962 bits per heavy atom. The van der Waals surface area contributed by atoms with E-state index in [4.69, 9.17) is 9.47 Å². The van der Waals surface area contributed by atoms with Gasteiger partial charge < -0.3 is 25.4 Å². The molecule has 8 heteroatoms. The molecule has 1 aliphatic rings. The van der Waals surface area contributed by atoms with Crippen LogP contribution >= 0.6 is 0 Å². The van der Waals surface area contributed by atoms with E-state index < -0.39 is 5.91 Å². The third-order valence-electron chi connectivity index (χ3n) is 3.51. The summed E-state index contributed by atoms with van der Waals surface area (Å²) in [6.45, 7) is 1.33. The average Bonchev–Trinajstić information content (AvgIpc) is 3.07. The van der Waals surface area contributed by atoms with Crippen molar-refractivity contribution in [1.29, 1.82) is 0 Å². The molecule has 0 unspecified atom stereocenters. The van der Waals surface area contributed by atoms with Crippen molar-refractivity contribution in [3.8, 4) is 11.5 Å². The van der Waals surface area contributed by atoms with Crippen molar-refractivity contribution in [3.63, 3.8) is 0 Å². The molecule has 1 aliphatic heterocycles. The number of fused-ring (bicyclic) bond motifs is 1. The zero-order valence-corrected chi connectivity index (χ0v) is 14.0. The molecular formula is C18H17N3O5. The van der Waals surface area contributed by atoms with Gasteiger partial charge in [-0.25, -0.2) is 0 Å². The summed E-state index contributed by atoms with van der Waals surface area (Å²) in [5, 5.41) is 7.82. The highest BCUT2D eigenvalue weighted by Gasteiger charge is 2.16. The van der Waals surface area contributed by atoms with Gasteiger partial charge in [0.2, 0.25) is 18.6 Å². The Kier molecular flexibility index (Phi) is 5.02. The molecule has 0 aliphatic carbocycles. The number of amides is 3. The molecule has 0 aromatic heterocycles. The second-order valence-electron chi connectivity index (χ2n) is 5.56. The standard InChI is InChI=1S/C18H17N3O5/c1-11(22)20-13-3-2-4-14(8-13)21-17(23)9-19-18(24)12-5-6-15-16(7-12)26-10-25-15/h2-8H,9-10H2,1H3,(H,19,24)(H,20,22)(H,21,23). The Balaban J connectivity index is 1.54. The molecule has 3 N–H and O–H groups in total. The van der Waals surface area contributed by atoms with Crippen molar-refractivity contribution in [3.05, 3.63) is 48.0 Å². The van der Waals surface area contributed by atoms with Crippen LogP contribution in [-0.2, 0) is 9.59 Å². The van der Waals surface area contributed by atoms with Crippen LogP contribution in [0, 0.1) is 0 Å². The SMILES string of the molecule is CC(=O)Nc1cccc(NC(=O)CNC(=O)c2ccc3c(c2)OCO3)c1. The average molecular weight is 355 g/mol. The monoisotopic (exact) mass is 355 g/mol. The molecule has 1 heterocycles. The van der Waals surface area contributed by atoms with Gasteiger partial charge in [0.1, 0.15) is 0 Å². The summed E-state index contributed by atoms with van der Waals surface area (Å²) in [5.74, 6) is 0.0872. The Bertz CT molecular complexity index is 866. The third kappa shape index (κ3) is 4.29. The summed E-state index contributed by atoms with van der Waals surface area (Å²) >= 11 is 0. The van der Waals surface area contributed by atoms with E-state index in [2.05, 4.69) is 16.0 Å². The highest BCUT2D eigenvalue weighted by atomic mass is 16.7. The fourth-order valence-corrected chi connectivity index (χ4v) is 2.38. The number of hydrogen-bond donors (Lipinski definition) is 3. The summed E-state index contributed by atoms with van der Waals surface area (Å²) in [6, 6.07) is 11.5. The number of nitrogens with one attached hydrogen (secondary N) is 3. The van der Waals surface area contributed by atoms with Crippen LogP contribution in [0.5, 0.6) is 11.5 Å². The second kappa shape index (κ2) is 7.56. The van der Waals surface area contributed by atoms with Gasteiger partial charge in [0.25, 0.3) is 5.91 Å². The number of carbonyl (C=O) groups excluding carboxylic acids is 3. The molecule has 134 valence electrons. The molecule has 26 heavy (non-hydrogen) atoms. The van der Waals surface area contributed by atoms with Crippen LogP contribution < -0.4 is 25.4 Å². The highest BCUT2D eigenvalue weighted by Crippen LogP contribution is 2.32. The number of carbonyl (C=O) groups is 3. The normalized spacial score (nSPS) is 11.6. The first kappa shape index (κ1) is 17.3. The van der Waals surface area contributed by atoms with E-state index in [9.17, 15) is 14.4 Å². The minimum atomic E-state index is -0.398. The van der Waals surface area contributed by atoms with Gasteiger partial charge in [-0.15, -0.1) is 0 Å². The maximum Gasteiger partial charge on any atom is 0.251 e. The predicted molar refractivity (Wildman–Crippen MR) is 94.3 cm³/mol.